The molecule has 2 rings (SSSR count). The van der Waals surface area contributed by atoms with Crippen molar-refractivity contribution in [3.63, 3.8) is 0 Å². The van der Waals surface area contributed by atoms with Gasteiger partial charge in [-0.3, -0.25) is 9.69 Å². The normalized spacial score (nSPS) is 27.2. The summed E-state index contributed by atoms with van der Waals surface area (Å²) in [7, 11) is 0. The van der Waals surface area contributed by atoms with Crippen LogP contribution in [-0.4, -0.2) is 81.3 Å². The lowest BCUT2D eigenvalue weighted by molar-refractivity contribution is -0.213. The zero-order valence-electron chi connectivity index (χ0n) is 15.1. The molecule has 2 heterocycles. The summed E-state index contributed by atoms with van der Waals surface area (Å²) in [6.07, 6.45) is 0.792. The van der Waals surface area contributed by atoms with Crippen molar-refractivity contribution in [2.75, 3.05) is 19.7 Å². The Morgan fingerprint density at radius 3 is 2.56 bits per heavy atom. The number of fused-ring (bicyclic) bond motifs is 1. The van der Waals surface area contributed by atoms with E-state index in [4.69, 9.17) is 9.47 Å². The van der Waals surface area contributed by atoms with E-state index in [1.54, 1.807) is 0 Å². The van der Waals surface area contributed by atoms with E-state index in [1.165, 1.54) is 27.7 Å². The van der Waals surface area contributed by atoms with E-state index in [0.29, 0.717) is 13.0 Å². The summed E-state index contributed by atoms with van der Waals surface area (Å²) in [4.78, 5) is 25.7. The average molecular weight is 357 g/mol. The molecule has 2 aliphatic heterocycles. The molecule has 1 saturated heterocycles. The van der Waals surface area contributed by atoms with Crippen molar-refractivity contribution in [1.29, 1.82) is 0 Å². The molecule has 8 heteroatoms. The minimum atomic E-state index is -2.45. The van der Waals surface area contributed by atoms with E-state index in [-0.39, 0.29) is 24.7 Å². The number of aliphatic hydroxyl groups excluding tert-OH is 1. The van der Waals surface area contributed by atoms with E-state index in [2.05, 4.69) is 4.90 Å². The Bertz CT molecular complexity index is 566. The summed E-state index contributed by atoms with van der Waals surface area (Å²) in [5, 5.41) is 30.3. The molecule has 3 N–H and O–H groups in total. The second kappa shape index (κ2) is 7.03. The van der Waals surface area contributed by atoms with E-state index >= 15 is 0 Å². The van der Waals surface area contributed by atoms with Crippen LogP contribution in [0.25, 0.3) is 0 Å². The highest BCUT2D eigenvalue weighted by Gasteiger charge is 2.54. The third-order valence-electron chi connectivity index (χ3n) is 4.95. The Morgan fingerprint density at radius 1 is 1.40 bits per heavy atom. The van der Waals surface area contributed by atoms with Gasteiger partial charge in [0.25, 0.3) is 0 Å². The first-order valence-corrected chi connectivity index (χ1v) is 8.38. The predicted octanol–water partition coefficient (Wildman–Crippen LogP) is -0.642. The number of aliphatic hydroxyl groups is 3. The summed E-state index contributed by atoms with van der Waals surface area (Å²) < 4.78 is 10.5. The van der Waals surface area contributed by atoms with Gasteiger partial charge in [-0.1, -0.05) is 6.08 Å². The summed E-state index contributed by atoms with van der Waals surface area (Å²) in [6.45, 7) is 6.36. The molecule has 0 unspecified atom stereocenters. The van der Waals surface area contributed by atoms with Gasteiger partial charge >= 0.3 is 11.9 Å². The quantitative estimate of drug-likeness (QED) is 0.424. The van der Waals surface area contributed by atoms with Crippen molar-refractivity contribution in [2.45, 2.75) is 63.6 Å². The van der Waals surface area contributed by atoms with Crippen LogP contribution in [0.1, 0.15) is 34.1 Å². The lowest BCUT2D eigenvalue weighted by Gasteiger charge is -2.38. The highest BCUT2D eigenvalue weighted by molar-refractivity contribution is 5.82. The second-order valence-electron chi connectivity index (χ2n) is 7.23. The second-order valence-corrected chi connectivity index (χ2v) is 7.23. The van der Waals surface area contributed by atoms with E-state index in [9.17, 15) is 24.9 Å². The molecule has 0 aromatic carbocycles. The number of nitrogens with zero attached hydrogens (tertiary/aromatic N) is 1. The highest BCUT2D eigenvalue weighted by atomic mass is 16.6. The van der Waals surface area contributed by atoms with Crippen LogP contribution in [0, 0.1) is 0 Å². The molecular weight excluding hydrogens is 330 g/mol. The number of ether oxygens (including phenoxy) is 2. The fourth-order valence-electron chi connectivity index (χ4n) is 3.53. The molecule has 0 aromatic heterocycles. The molecule has 2 aliphatic rings. The Morgan fingerprint density at radius 2 is 2.04 bits per heavy atom. The molecule has 1 fully saturated rings. The molecule has 142 valence electrons. The van der Waals surface area contributed by atoms with Gasteiger partial charge in [-0.25, -0.2) is 4.79 Å². The van der Waals surface area contributed by atoms with Crippen molar-refractivity contribution >= 4 is 11.9 Å². The third-order valence-corrected chi connectivity index (χ3v) is 4.95. The van der Waals surface area contributed by atoms with E-state index in [1.807, 2.05) is 6.08 Å². The zero-order chi connectivity index (χ0) is 19.0. The maximum absolute atomic E-state index is 12.3. The molecule has 0 bridgehead atoms. The van der Waals surface area contributed by atoms with Gasteiger partial charge in [-0.15, -0.1) is 0 Å². The summed E-state index contributed by atoms with van der Waals surface area (Å²) in [5.74, 6) is -1.46. The number of carbonyl (C=O) groups is 2. The van der Waals surface area contributed by atoms with Gasteiger partial charge in [0.05, 0.1) is 12.1 Å². The predicted molar refractivity (Wildman–Crippen MR) is 87.5 cm³/mol. The first-order valence-electron chi connectivity index (χ1n) is 8.38. The first kappa shape index (κ1) is 19.8. The molecule has 4 atom stereocenters. The van der Waals surface area contributed by atoms with E-state index in [0.717, 1.165) is 12.1 Å². The SMILES string of the molecule is CC(=O)O[C@@H]1CCN2CC=C(COC(=O)[C@](O)([C@@H](C)O)C(C)(C)O)[C@H]12. The van der Waals surface area contributed by atoms with Crippen LogP contribution < -0.4 is 0 Å². The average Bonchev–Trinajstić information content (AvgIpc) is 3.05. The Labute approximate surface area is 147 Å². The molecule has 0 spiro atoms. The molecule has 0 aliphatic carbocycles. The number of carbonyl (C=O) groups excluding carboxylic acids is 2. The third kappa shape index (κ3) is 3.72. The summed E-state index contributed by atoms with van der Waals surface area (Å²) in [5.41, 5.74) is -3.56. The Balaban J connectivity index is 2.05. The van der Waals surface area contributed by atoms with Crippen LogP contribution in [0.4, 0.5) is 0 Å². The summed E-state index contributed by atoms with van der Waals surface area (Å²) in [6, 6.07) is -0.154. The highest BCUT2D eigenvalue weighted by Crippen LogP contribution is 2.32. The molecule has 0 amide bonds. The number of hydrogen-bond donors (Lipinski definition) is 3. The molecular formula is C17H27NO7. The van der Waals surface area contributed by atoms with Gasteiger partial charge in [-0.05, 0) is 32.8 Å². The van der Waals surface area contributed by atoms with E-state index < -0.39 is 23.3 Å². The standard InChI is InChI=1S/C17H27NO7/c1-10(19)17(23,16(3,4)22)15(21)24-9-12-5-7-18-8-6-13(14(12)18)25-11(2)20/h5,10,13-14,19,22-23H,6-9H2,1-4H3/t10-,13-,14-,17-/m1/s1. The van der Waals surface area contributed by atoms with Crippen LogP contribution in [-0.2, 0) is 19.1 Å². The molecule has 8 nitrogen and oxygen atoms in total. The maximum Gasteiger partial charge on any atom is 0.344 e. The Hall–Kier alpha value is -1.48. The van der Waals surface area contributed by atoms with Crippen LogP contribution in [0.5, 0.6) is 0 Å². The fourth-order valence-corrected chi connectivity index (χ4v) is 3.53. The number of esters is 2. The van der Waals surface area contributed by atoms with Crippen molar-refractivity contribution in [1.82, 2.24) is 4.90 Å². The molecule has 0 aromatic rings. The van der Waals surface area contributed by atoms with Crippen LogP contribution in [0.2, 0.25) is 0 Å². The maximum atomic E-state index is 12.3. The number of rotatable bonds is 6. The molecule has 0 radical (unpaired) electrons. The minimum absolute atomic E-state index is 0.108. The molecule has 0 saturated carbocycles. The Kier molecular flexibility index (Phi) is 5.58. The topological polar surface area (TPSA) is 117 Å². The van der Waals surface area contributed by atoms with Gasteiger partial charge in [-0.2, -0.15) is 0 Å². The zero-order valence-corrected chi connectivity index (χ0v) is 15.1. The number of hydrogen-bond acceptors (Lipinski definition) is 8. The lowest BCUT2D eigenvalue weighted by Crippen LogP contribution is -2.63. The van der Waals surface area contributed by atoms with Crippen molar-refractivity contribution < 1.29 is 34.4 Å². The molecule has 25 heavy (non-hydrogen) atoms. The monoisotopic (exact) mass is 357 g/mol. The smallest absolute Gasteiger partial charge is 0.344 e. The van der Waals surface area contributed by atoms with Crippen LogP contribution in [0.3, 0.4) is 0 Å². The van der Waals surface area contributed by atoms with Crippen molar-refractivity contribution in [3.8, 4) is 0 Å². The van der Waals surface area contributed by atoms with Gasteiger partial charge in [0.2, 0.25) is 5.60 Å². The van der Waals surface area contributed by atoms with Crippen molar-refractivity contribution in [2.24, 2.45) is 0 Å². The van der Waals surface area contributed by atoms with Gasteiger partial charge < -0.3 is 24.8 Å². The van der Waals surface area contributed by atoms with Crippen LogP contribution >= 0.6 is 0 Å². The van der Waals surface area contributed by atoms with Gasteiger partial charge in [0.15, 0.2) is 0 Å². The largest absolute Gasteiger partial charge is 0.460 e. The van der Waals surface area contributed by atoms with Crippen LogP contribution in [0.15, 0.2) is 11.6 Å². The first-order chi connectivity index (χ1) is 11.5. The van der Waals surface area contributed by atoms with Crippen molar-refractivity contribution in [3.05, 3.63) is 11.6 Å². The van der Waals surface area contributed by atoms with Gasteiger partial charge in [0, 0.05) is 20.0 Å². The van der Waals surface area contributed by atoms with Gasteiger partial charge in [0.1, 0.15) is 18.3 Å². The minimum Gasteiger partial charge on any atom is -0.460 e. The fraction of sp³-hybridized carbons (Fsp3) is 0.765. The summed E-state index contributed by atoms with van der Waals surface area (Å²) >= 11 is 0. The lowest BCUT2D eigenvalue weighted by atomic mass is 9.81.